The first-order chi connectivity index (χ1) is 15.8. The molecule has 2 nitrogen and oxygen atoms in total. The van der Waals surface area contributed by atoms with Crippen LogP contribution in [0.3, 0.4) is 0 Å². The molecule has 0 aromatic carbocycles. The van der Waals surface area contributed by atoms with Crippen molar-refractivity contribution >= 4 is 0 Å². The van der Waals surface area contributed by atoms with Gasteiger partial charge < -0.3 is 0 Å². The van der Waals surface area contributed by atoms with Gasteiger partial charge in [0.1, 0.15) is 12.4 Å². The monoisotopic (exact) mass is 447 g/mol. The molecular weight excluding hydrogens is 388 g/mol. The second kappa shape index (κ2) is 22.0. The molecule has 1 aromatic rings. The Morgan fingerprint density at radius 2 is 0.969 bits per heavy atom. The molecule has 0 atom stereocenters. The minimum Gasteiger partial charge on any atom is -0.234 e. The van der Waals surface area contributed by atoms with Crippen molar-refractivity contribution < 1.29 is 4.57 Å². The van der Waals surface area contributed by atoms with Crippen molar-refractivity contribution in [3.63, 3.8) is 0 Å². The zero-order valence-electron chi connectivity index (χ0n) is 22.5. The summed E-state index contributed by atoms with van der Waals surface area (Å²) in [6.07, 6.45) is 35.6. The quantitative estimate of drug-likeness (QED) is 0.110. The molecule has 0 unspecified atom stereocenters. The predicted octanol–water partition coefficient (Wildman–Crippen LogP) is 9.57. The van der Waals surface area contributed by atoms with Crippen LogP contribution in [-0.2, 0) is 19.5 Å². The van der Waals surface area contributed by atoms with E-state index in [9.17, 15) is 0 Å². The lowest BCUT2D eigenvalue weighted by Gasteiger charge is -2.06. The van der Waals surface area contributed by atoms with Gasteiger partial charge >= 0.3 is 0 Å². The average molecular weight is 448 g/mol. The molecule has 1 aromatic heterocycles. The van der Waals surface area contributed by atoms with Gasteiger partial charge in [0, 0.05) is 6.42 Å². The van der Waals surface area contributed by atoms with E-state index in [1.165, 1.54) is 154 Å². The van der Waals surface area contributed by atoms with Gasteiger partial charge in [0.25, 0.3) is 5.82 Å². The van der Waals surface area contributed by atoms with Crippen molar-refractivity contribution in [1.29, 1.82) is 0 Å². The predicted molar refractivity (Wildman–Crippen MR) is 142 cm³/mol. The van der Waals surface area contributed by atoms with Crippen LogP contribution in [0.25, 0.3) is 0 Å². The lowest BCUT2D eigenvalue weighted by molar-refractivity contribution is -0.704. The summed E-state index contributed by atoms with van der Waals surface area (Å²) in [5.41, 5.74) is 0. The van der Waals surface area contributed by atoms with E-state index in [0.717, 1.165) is 0 Å². The summed E-state index contributed by atoms with van der Waals surface area (Å²) in [5, 5.41) is 0. The molecule has 0 aliphatic heterocycles. The second-order valence-corrected chi connectivity index (χ2v) is 10.2. The molecule has 1 rings (SSSR count). The molecule has 2 heteroatoms. The molecule has 32 heavy (non-hydrogen) atoms. The Balaban J connectivity index is 2.19. The molecule has 0 radical (unpaired) electrons. The second-order valence-electron chi connectivity index (χ2n) is 10.2. The smallest absolute Gasteiger partial charge is 0.234 e. The molecule has 0 saturated heterocycles. The Morgan fingerprint density at radius 1 is 0.531 bits per heavy atom. The zero-order chi connectivity index (χ0) is 23.1. The SMILES string of the molecule is CCCCCCCCCCCCC[n+]1ccn(CCCCCCCCCC)c1CCCC. The third kappa shape index (κ3) is 15.1. The molecule has 188 valence electrons. The number of rotatable bonds is 24. The van der Waals surface area contributed by atoms with Crippen LogP contribution >= 0.6 is 0 Å². The summed E-state index contributed by atoms with van der Waals surface area (Å²) < 4.78 is 5.15. The van der Waals surface area contributed by atoms with E-state index in [2.05, 4.69) is 42.3 Å². The molecule has 0 saturated carbocycles. The van der Waals surface area contributed by atoms with E-state index < -0.39 is 0 Å². The maximum Gasteiger partial charge on any atom is 0.256 e. The standard InChI is InChI=1S/C30H59N2/c1-4-7-10-12-14-16-17-18-20-22-24-27-32-29-28-31(30(32)25-9-6-3)26-23-21-19-15-13-11-8-5-2/h28-29H,4-27H2,1-3H3/q+1. The highest BCUT2D eigenvalue weighted by molar-refractivity contribution is 4.84. The average Bonchev–Trinajstić information content (AvgIpc) is 3.19. The van der Waals surface area contributed by atoms with Crippen LogP contribution in [-0.4, -0.2) is 4.57 Å². The summed E-state index contributed by atoms with van der Waals surface area (Å²) >= 11 is 0. The van der Waals surface area contributed by atoms with Crippen molar-refractivity contribution in [2.24, 2.45) is 0 Å². The van der Waals surface area contributed by atoms with Crippen molar-refractivity contribution in [1.82, 2.24) is 4.57 Å². The first kappa shape index (κ1) is 29.2. The number of unbranched alkanes of at least 4 members (excludes halogenated alkanes) is 18. The van der Waals surface area contributed by atoms with E-state index >= 15 is 0 Å². The van der Waals surface area contributed by atoms with Gasteiger partial charge in [-0.15, -0.1) is 0 Å². The molecule has 0 N–H and O–H groups in total. The zero-order valence-corrected chi connectivity index (χ0v) is 22.5. The van der Waals surface area contributed by atoms with Gasteiger partial charge in [-0.2, -0.15) is 0 Å². The summed E-state index contributed by atoms with van der Waals surface area (Å²) in [6, 6.07) is 0. The Morgan fingerprint density at radius 3 is 1.47 bits per heavy atom. The molecule has 0 bridgehead atoms. The molecule has 0 aliphatic carbocycles. The number of aryl methyl sites for hydroxylation is 2. The first-order valence-corrected chi connectivity index (χ1v) is 14.9. The van der Waals surface area contributed by atoms with Gasteiger partial charge in [-0.1, -0.05) is 124 Å². The molecule has 1 heterocycles. The highest BCUT2D eigenvalue weighted by Crippen LogP contribution is 2.13. The van der Waals surface area contributed by atoms with Gasteiger partial charge in [-0.05, 0) is 32.1 Å². The van der Waals surface area contributed by atoms with Crippen LogP contribution in [0.5, 0.6) is 0 Å². The minimum absolute atomic E-state index is 1.22. The van der Waals surface area contributed by atoms with Crippen LogP contribution in [0.1, 0.15) is 161 Å². The molecule has 0 spiro atoms. The normalized spacial score (nSPS) is 11.5. The largest absolute Gasteiger partial charge is 0.256 e. The molecule has 0 aliphatic rings. The van der Waals surface area contributed by atoms with Gasteiger partial charge in [0.05, 0.1) is 13.1 Å². The van der Waals surface area contributed by atoms with Gasteiger partial charge in [0.15, 0.2) is 0 Å². The maximum atomic E-state index is 2.58. The third-order valence-corrected chi connectivity index (χ3v) is 7.10. The Hall–Kier alpha value is -0.790. The van der Waals surface area contributed by atoms with Crippen LogP contribution in [0.15, 0.2) is 12.4 Å². The Bertz CT molecular complexity index is 505. The van der Waals surface area contributed by atoms with E-state index in [1.807, 2.05) is 0 Å². The van der Waals surface area contributed by atoms with Crippen LogP contribution in [0.2, 0.25) is 0 Å². The Kier molecular flexibility index (Phi) is 20.1. The van der Waals surface area contributed by atoms with Gasteiger partial charge in [-0.3, -0.25) is 0 Å². The fourth-order valence-electron chi connectivity index (χ4n) is 4.89. The number of hydrogen-bond donors (Lipinski definition) is 0. The van der Waals surface area contributed by atoms with Crippen LogP contribution in [0, 0.1) is 0 Å². The maximum absolute atomic E-state index is 2.58. The number of aromatic nitrogens is 2. The third-order valence-electron chi connectivity index (χ3n) is 7.10. The molecule has 0 fully saturated rings. The minimum atomic E-state index is 1.22. The van der Waals surface area contributed by atoms with Crippen LogP contribution < -0.4 is 4.57 Å². The molecular formula is C30H59N2+. The molecule has 0 amide bonds. The number of nitrogens with zero attached hydrogens (tertiary/aromatic N) is 2. The summed E-state index contributed by atoms with van der Waals surface area (Å²) in [5.74, 6) is 1.59. The van der Waals surface area contributed by atoms with Crippen molar-refractivity contribution in [3.05, 3.63) is 18.2 Å². The summed E-state index contributed by atoms with van der Waals surface area (Å²) in [7, 11) is 0. The highest BCUT2D eigenvalue weighted by atomic mass is 15.1. The van der Waals surface area contributed by atoms with Crippen molar-refractivity contribution in [2.45, 2.75) is 175 Å². The van der Waals surface area contributed by atoms with E-state index in [-0.39, 0.29) is 0 Å². The Labute approximate surface area is 202 Å². The lowest BCUT2D eigenvalue weighted by atomic mass is 10.1. The lowest BCUT2D eigenvalue weighted by Crippen LogP contribution is -2.37. The first-order valence-electron chi connectivity index (χ1n) is 14.9. The topological polar surface area (TPSA) is 8.81 Å². The van der Waals surface area contributed by atoms with Crippen LogP contribution in [0.4, 0.5) is 0 Å². The number of imidazole rings is 1. The van der Waals surface area contributed by atoms with E-state index in [0.29, 0.717) is 0 Å². The summed E-state index contributed by atoms with van der Waals surface area (Å²) in [4.78, 5) is 0. The fraction of sp³-hybridized carbons (Fsp3) is 0.900. The van der Waals surface area contributed by atoms with Crippen molar-refractivity contribution in [2.75, 3.05) is 0 Å². The fourth-order valence-corrected chi connectivity index (χ4v) is 4.89. The van der Waals surface area contributed by atoms with Gasteiger partial charge in [0.2, 0.25) is 0 Å². The highest BCUT2D eigenvalue weighted by Gasteiger charge is 2.16. The van der Waals surface area contributed by atoms with E-state index in [1.54, 1.807) is 5.82 Å². The summed E-state index contributed by atoms with van der Waals surface area (Å²) in [6.45, 7) is 9.37. The van der Waals surface area contributed by atoms with E-state index in [4.69, 9.17) is 0 Å². The van der Waals surface area contributed by atoms with Crippen molar-refractivity contribution in [3.8, 4) is 0 Å². The van der Waals surface area contributed by atoms with Gasteiger partial charge in [-0.25, -0.2) is 9.13 Å². The number of hydrogen-bond acceptors (Lipinski definition) is 0.